The molecule has 0 saturated carbocycles. The Bertz CT molecular complexity index is 925. The molecule has 6 heteroatoms. The van der Waals surface area contributed by atoms with Crippen LogP contribution in [0.4, 0.5) is 18.9 Å². The fraction of sp³-hybridized carbons (Fsp3) is 0.0556. The molecule has 0 aliphatic carbocycles. The molecule has 0 aliphatic rings. The van der Waals surface area contributed by atoms with Gasteiger partial charge in [-0.05, 0) is 48.5 Å². The molecule has 1 aromatic heterocycles. The van der Waals surface area contributed by atoms with E-state index in [2.05, 4.69) is 11.9 Å². The van der Waals surface area contributed by atoms with Crippen molar-refractivity contribution < 1.29 is 18.0 Å². The van der Waals surface area contributed by atoms with E-state index < -0.39 is 11.7 Å². The average molecular weight is 330 g/mol. The summed E-state index contributed by atoms with van der Waals surface area (Å²) in [6.45, 7) is 3.38. The van der Waals surface area contributed by atoms with Gasteiger partial charge in [0.15, 0.2) is 0 Å². The van der Waals surface area contributed by atoms with Crippen LogP contribution in [-0.4, -0.2) is 10.5 Å². The van der Waals surface area contributed by atoms with E-state index in [1.165, 1.54) is 6.07 Å². The minimum absolute atomic E-state index is 0.327. The van der Waals surface area contributed by atoms with Gasteiger partial charge in [0.05, 0.1) is 11.1 Å². The highest BCUT2D eigenvalue weighted by atomic mass is 19.4. The van der Waals surface area contributed by atoms with Crippen LogP contribution in [0.15, 0.2) is 67.4 Å². The van der Waals surface area contributed by atoms with Crippen LogP contribution in [0.3, 0.4) is 0 Å². The summed E-state index contributed by atoms with van der Waals surface area (Å²) >= 11 is 0. The van der Waals surface area contributed by atoms with E-state index in [0.717, 1.165) is 29.1 Å². The first-order valence-corrected chi connectivity index (χ1v) is 7.10. The van der Waals surface area contributed by atoms with Gasteiger partial charge < -0.3 is 9.88 Å². The average Bonchev–Trinajstić information content (AvgIpc) is 2.97. The van der Waals surface area contributed by atoms with Crippen LogP contribution in [0.1, 0.15) is 5.56 Å². The van der Waals surface area contributed by atoms with Gasteiger partial charge in [-0.1, -0.05) is 12.6 Å². The number of hydrogen-bond acceptors (Lipinski definition) is 1. The highest BCUT2D eigenvalue weighted by Crippen LogP contribution is 2.31. The first-order chi connectivity index (χ1) is 11.4. The van der Waals surface area contributed by atoms with Gasteiger partial charge >= 0.3 is 6.18 Å². The summed E-state index contributed by atoms with van der Waals surface area (Å²) < 4.78 is 40.3. The standard InChI is InChI=1S/C18H13F3N2O/c1-2-17(24)22-14-6-7-16-12(10-14)8-9-23(16)15-5-3-4-13(11-15)18(19,20)21/h2-11H,1H2,(H,22,24). The zero-order valence-electron chi connectivity index (χ0n) is 12.5. The van der Waals surface area contributed by atoms with Gasteiger partial charge in [-0.25, -0.2) is 0 Å². The van der Waals surface area contributed by atoms with Crippen molar-refractivity contribution >= 4 is 22.5 Å². The second kappa shape index (κ2) is 5.88. The Morgan fingerprint density at radius 2 is 1.92 bits per heavy atom. The van der Waals surface area contributed by atoms with Gasteiger partial charge in [-0.2, -0.15) is 13.2 Å². The van der Waals surface area contributed by atoms with Gasteiger partial charge in [0, 0.05) is 23.0 Å². The lowest BCUT2D eigenvalue weighted by Gasteiger charge is -2.11. The van der Waals surface area contributed by atoms with Crippen molar-refractivity contribution in [3.8, 4) is 5.69 Å². The van der Waals surface area contributed by atoms with Crippen molar-refractivity contribution in [2.75, 3.05) is 5.32 Å². The second-order valence-electron chi connectivity index (χ2n) is 5.20. The Labute approximate surface area is 136 Å². The number of anilines is 1. The van der Waals surface area contributed by atoms with Crippen LogP contribution in [0, 0.1) is 0 Å². The van der Waals surface area contributed by atoms with Gasteiger partial charge in [0.1, 0.15) is 0 Å². The molecule has 0 radical (unpaired) electrons. The lowest BCUT2D eigenvalue weighted by atomic mass is 10.2. The Morgan fingerprint density at radius 3 is 2.62 bits per heavy atom. The van der Waals surface area contributed by atoms with E-state index >= 15 is 0 Å². The maximum Gasteiger partial charge on any atom is 0.416 e. The molecule has 1 heterocycles. The fourth-order valence-corrected chi connectivity index (χ4v) is 2.47. The Morgan fingerprint density at radius 1 is 1.12 bits per heavy atom. The number of carbonyl (C=O) groups excluding carboxylic acids is 1. The third kappa shape index (κ3) is 3.03. The molecule has 24 heavy (non-hydrogen) atoms. The number of nitrogens with one attached hydrogen (secondary N) is 1. The van der Waals surface area contributed by atoms with Crippen molar-refractivity contribution in [2.45, 2.75) is 6.18 Å². The van der Waals surface area contributed by atoms with Crippen molar-refractivity contribution in [3.63, 3.8) is 0 Å². The predicted molar refractivity (Wildman–Crippen MR) is 87.1 cm³/mol. The monoisotopic (exact) mass is 330 g/mol. The molecule has 122 valence electrons. The number of carbonyl (C=O) groups is 1. The number of aromatic nitrogens is 1. The van der Waals surface area contributed by atoms with Gasteiger partial charge in [0.25, 0.3) is 0 Å². The van der Waals surface area contributed by atoms with Crippen LogP contribution < -0.4 is 5.32 Å². The molecule has 0 aliphatic heterocycles. The number of fused-ring (bicyclic) bond motifs is 1. The summed E-state index contributed by atoms with van der Waals surface area (Å²) in [5.41, 5.74) is 1.06. The first kappa shape index (κ1) is 15.9. The second-order valence-corrected chi connectivity index (χ2v) is 5.20. The summed E-state index contributed by atoms with van der Waals surface area (Å²) in [5.74, 6) is -0.327. The first-order valence-electron chi connectivity index (χ1n) is 7.10. The smallest absolute Gasteiger partial charge is 0.323 e. The highest BCUT2D eigenvalue weighted by molar-refractivity contribution is 6.00. The van der Waals surface area contributed by atoms with Crippen molar-refractivity contribution in [3.05, 3.63) is 72.9 Å². The van der Waals surface area contributed by atoms with Crippen LogP contribution in [0.2, 0.25) is 0 Å². The molecular weight excluding hydrogens is 317 g/mol. The molecule has 1 N–H and O–H groups in total. The molecule has 3 nitrogen and oxygen atoms in total. The van der Waals surface area contributed by atoms with E-state index in [4.69, 9.17) is 0 Å². The van der Waals surface area contributed by atoms with Crippen molar-refractivity contribution in [2.24, 2.45) is 0 Å². The molecule has 2 aromatic carbocycles. The van der Waals surface area contributed by atoms with E-state index in [9.17, 15) is 18.0 Å². The van der Waals surface area contributed by atoms with Gasteiger partial charge in [-0.15, -0.1) is 0 Å². The Balaban J connectivity index is 2.02. The molecule has 0 unspecified atom stereocenters. The summed E-state index contributed by atoms with van der Waals surface area (Å²) in [7, 11) is 0. The maximum atomic E-state index is 12.9. The lowest BCUT2D eigenvalue weighted by Crippen LogP contribution is -2.07. The summed E-state index contributed by atoms with van der Waals surface area (Å²) in [6.07, 6.45) is -1.53. The quantitative estimate of drug-likeness (QED) is 0.689. The van der Waals surface area contributed by atoms with E-state index in [0.29, 0.717) is 11.4 Å². The van der Waals surface area contributed by atoms with E-state index in [-0.39, 0.29) is 5.91 Å². The van der Waals surface area contributed by atoms with Gasteiger partial charge in [0.2, 0.25) is 5.91 Å². The fourth-order valence-electron chi connectivity index (χ4n) is 2.47. The highest BCUT2D eigenvalue weighted by Gasteiger charge is 2.30. The summed E-state index contributed by atoms with van der Waals surface area (Å²) in [4.78, 5) is 11.3. The van der Waals surface area contributed by atoms with Crippen molar-refractivity contribution in [1.29, 1.82) is 0 Å². The van der Waals surface area contributed by atoms with Crippen molar-refractivity contribution in [1.82, 2.24) is 4.57 Å². The van der Waals surface area contributed by atoms with Crippen LogP contribution in [0.25, 0.3) is 16.6 Å². The van der Waals surface area contributed by atoms with Crippen LogP contribution in [-0.2, 0) is 11.0 Å². The normalized spacial score (nSPS) is 11.5. The number of hydrogen-bond donors (Lipinski definition) is 1. The Kier molecular flexibility index (Phi) is 3.89. The molecule has 3 aromatic rings. The third-order valence-corrected chi connectivity index (χ3v) is 3.59. The molecule has 3 rings (SSSR count). The van der Waals surface area contributed by atoms with Crippen LogP contribution in [0.5, 0.6) is 0 Å². The molecule has 0 atom stereocenters. The number of alkyl halides is 3. The molecule has 0 bridgehead atoms. The third-order valence-electron chi connectivity index (χ3n) is 3.59. The molecule has 0 fully saturated rings. The van der Waals surface area contributed by atoms with Crippen LogP contribution >= 0.6 is 0 Å². The van der Waals surface area contributed by atoms with E-state index in [1.54, 1.807) is 41.1 Å². The van der Waals surface area contributed by atoms with E-state index in [1.807, 2.05) is 0 Å². The predicted octanol–water partition coefficient (Wildman–Crippen LogP) is 4.77. The topological polar surface area (TPSA) is 34.0 Å². The number of nitrogens with zero attached hydrogens (tertiary/aromatic N) is 1. The number of benzene rings is 2. The molecule has 0 saturated heterocycles. The maximum absolute atomic E-state index is 12.9. The zero-order chi connectivity index (χ0) is 17.3. The SMILES string of the molecule is C=CC(=O)Nc1ccc2c(ccn2-c2cccc(C(F)(F)F)c2)c1. The Hall–Kier alpha value is -3.02. The summed E-state index contributed by atoms with van der Waals surface area (Å²) in [6, 6.07) is 12.1. The molecular formula is C18H13F3N2O. The summed E-state index contributed by atoms with van der Waals surface area (Å²) in [5, 5.41) is 3.45. The zero-order valence-corrected chi connectivity index (χ0v) is 12.5. The van der Waals surface area contributed by atoms with Gasteiger partial charge in [-0.3, -0.25) is 4.79 Å². The molecule has 0 spiro atoms. The molecule has 1 amide bonds. The number of amides is 1. The minimum atomic E-state index is -4.39. The lowest BCUT2D eigenvalue weighted by molar-refractivity contribution is -0.137. The minimum Gasteiger partial charge on any atom is -0.323 e. The number of halogens is 3. The number of rotatable bonds is 3. The largest absolute Gasteiger partial charge is 0.416 e.